The second-order valence-corrected chi connectivity index (χ2v) is 5.70. The molecule has 0 aliphatic rings. The number of rotatable bonds is 9. The van der Waals surface area contributed by atoms with Gasteiger partial charge in [0.1, 0.15) is 6.54 Å². The van der Waals surface area contributed by atoms with Gasteiger partial charge in [-0.15, -0.1) is 11.3 Å². The van der Waals surface area contributed by atoms with Gasteiger partial charge in [0.2, 0.25) is 11.0 Å². The van der Waals surface area contributed by atoms with Crippen LogP contribution >= 0.6 is 23.1 Å². The minimum atomic E-state index is -1.04. The van der Waals surface area contributed by atoms with Crippen LogP contribution in [0.1, 0.15) is 12.1 Å². The van der Waals surface area contributed by atoms with E-state index in [0.717, 1.165) is 5.69 Å². The molecule has 0 saturated heterocycles. The first-order chi connectivity index (χ1) is 9.97. The zero-order valence-electron chi connectivity index (χ0n) is 11.0. The molecule has 0 radical (unpaired) electrons. The highest BCUT2D eigenvalue weighted by molar-refractivity contribution is 7.98. The zero-order valence-corrected chi connectivity index (χ0v) is 12.7. The Balaban J connectivity index is 2.16. The molecule has 1 rings (SSSR count). The lowest BCUT2D eigenvalue weighted by Crippen LogP contribution is -2.40. The fourth-order valence-electron chi connectivity index (χ4n) is 1.15. The van der Waals surface area contributed by atoms with Crippen LogP contribution in [-0.2, 0) is 15.3 Å². The second-order valence-electron chi connectivity index (χ2n) is 3.76. The summed E-state index contributed by atoms with van der Waals surface area (Å²) < 4.78 is 0. The van der Waals surface area contributed by atoms with E-state index < -0.39 is 5.97 Å². The molecular weight excluding hydrogens is 316 g/mol. The number of hydrazine groups is 1. The van der Waals surface area contributed by atoms with Gasteiger partial charge in [0.25, 0.3) is 0 Å². The van der Waals surface area contributed by atoms with Gasteiger partial charge in [-0.1, -0.05) is 0 Å². The van der Waals surface area contributed by atoms with Crippen LogP contribution < -0.4 is 22.3 Å². The highest BCUT2D eigenvalue weighted by Gasteiger charge is 2.04. The predicted octanol–water partition coefficient (Wildman–Crippen LogP) is -0.623. The van der Waals surface area contributed by atoms with Crippen molar-refractivity contribution in [1.82, 2.24) is 15.8 Å². The first-order valence-corrected chi connectivity index (χ1v) is 7.86. The number of thioether (sulfide) groups is 1. The number of aliphatic imine (C=N–C) groups is 1. The number of carboxylic acid groups (broad SMARTS) is 1. The van der Waals surface area contributed by atoms with Gasteiger partial charge >= 0.3 is 5.97 Å². The molecule has 0 spiro atoms. The molecule has 0 unspecified atom stereocenters. The maximum absolute atomic E-state index is 11.3. The van der Waals surface area contributed by atoms with Crippen molar-refractivity contribution >= 4 is 46.1 Å². The Kier molecular flexibility index (Phi) is 7.50. The van der Waals surface area contributed by atoms with Crippen molar-refractivity contribution in [3.63, 3.8) is 0 Å². The molecule has 1 aromatic rings. The number of carbonyl (C=O) groups excluding carboxylic acids is 1. The highest BCUT2D eigenvalue weighted by Crippen LogP contribution is 2.21. The Morgan fingerprint density at radius 3 is 2.90 bits per heavy atom. The van der Waals surface area contributed by atoms with Crippen LogP contribution in [0.3, 0.4) is 0 Å². The summed E-state index contributed by atoms with van der Waals surface area (Å²) in [6.45, 7) is -0.314. The molecule has 1 aromatic heterocycles. The summed E-state index contributed by atoms with van der Waals surface area (Å²) in [6.07, 6.45) is 0.280. The fraction of sp³-hybridized carbons (Fsp3) is 0.400. The number of hydrogen-bond acceptors (Lipinski definition) is 7. The lowest BCUT2D eigenvalue weighted by molar-refractivity contribution is -0.136. The number of nitrogens with two attached hydrogens (primary N) is 2. The number of nitrogens with one attached hydrogen (secondary N) is 2. The van der Waals surface area contributed by atoms with E-state index >= 15 is 0 Å². The van der Waals surface area contributed by atoms with Crippen molar-refractivity contribution in [2.45, 2.75) is 12.2 Å². The van der Waals surface area contributed by atoms with Crippen molar-refractivity contribution in [3.05, 3.63) is 11.1 Å². The molecular formula is C10H16N6O3S2. The second kappa shape index (κ2) is 9.15. The van der Waals surface area contributed by atoms with Crippen LogP contribution in [0.2, 0.25) is 0 Å². The van der Waals surface area contributed by atoms with E-state index in [9.17, 15) is 9.59 Å². The average molecular weight is 332 g/mol. The van der Waals surface area contributed by atoms with Crippen molar-refractivity contribution in [1.29, 1.82) is 0 Å². The third-order valence-electron chi connectivity index (χ3n) is 1.96. The smallest absolute Gasteiger partial charge is 0.319 e. The van der Waals surface area contributed by atoms with Crippen molar-refractivity contribution in [2.24, 2.45) is 16.5 Å². The van der Waals surface area contributed by atoms with Crippen LogP contribution in [-0.4, -0.2) is 40.2 Å². The molecule has 116 valence electrons. The summed E-state index contributed by atoms with van der Waals surface area (Å²) in [5, 5.41) is 10.7. The van der Waals surface area contributed by atoms with E-state index in [1.165, 1.54) is 23.1 Å². The Hall–Kier alpha value is -1.85. The fourth-order valence-corrected chi connectivity index (χ4v) is 2.79. The molecule has 1 amide bonds. The van der Waals surface area contributed by atoms with Crippen LogP contribution in [0.4, 0.5) is 5.13 Å². The molecule has 0 fully saturated rings. The van der Waals surface area contributed by atoms with Gasteiger partial charge in [-0.05, 0) is 0 Å². The van der Waals surface area contributed by atoms with Crippen LogP contribution in [0.15, 0.2) is 10.4 Å². The largest absolute Gasteiger partial charge is 0.480 e. The Labute approximate surface area is 129 Å². The van der Waals surface area contributed by atoms with Gasteiger partial charge in [-0.2, -0.15) is 16.8 Å². The van der Waals surface area contributed by atoms with E-state index in [1.54, 1.807) is 0 Å². The molecule has 0 atom stereocenters. The highest BCUT2D eigenvalue weighted by atomic mass is 32.2. The first kappa shape index (κ1) is 17.2. The Morgan fingerprint density at radius 1 is 1.48 bits per heavy atom. The van der Waals surface area contributed by atoms with Gasteiger partial charge in [0.05, 0.1) is 5.69 Å². The third-order valence-corrected chi connectivity index (χ3v) is 3.73. The number of guanidine groups is 1. The lowest BCUT2D eigenvalue weighted by Gasteiger charge is -2.04. The topological polar surface area (TPSA) is 156 Å². The van der Waals surface area contributed by atoms with Crippen LogP contribution in [0, 0.1) is 0 Å². The summed E-state index contributed by atoms with van der Waals surface area (Å²) in [5.41, 5.74) is 15.9. The van der Waals surface area contributed by atoms with Gasteiger partial charge in [0.15, 0.2) is 5.96 Å². The maximum atomic E-state index is 11.3. The third kappa shape index (κ3) is 8.12. The number of aliphatic carboxylic acids is 1. The first-order valence-electron chi connectivity index (χ1n) is 5.82. The minimum Gasteiger partial charge on any atom is -0.480 e. The molecule has 1 heterocycles. The van der Waals surface area contributed by atoms with E-state index in [2.05, 4.69) is 20.8 Å². The maximum Gasteiger partial charge on any atom is 0.319 e. The van der Waals surface area contributed by atoms with E-state index in [-0.39, 0.29) is 24.8 Å². The van der Waals surface area contributed by atoms with Crippen molar-refractivity contribution in [3.8, 4) is 0 Å². The summed E-state index contributed by atoms with van der Waals surface area (Å²) in [7, 11) is 0. The number of carboxylic acids is 1. The molecule has 0 bridgehead atoms. The number of hydrogen-bond donors (Lipinski definition) is 5. The van der Waals surface area contributed by atoms with Gasteiger partial charge in [0, 0.05) is 23.3 Å². The number of thiazole rings is 1. The molecule has 9 nitrogen and oxygen atoms in total. The van der Waals surface area contributed by atoms with Gasteiger partial charge in [-0.25, -0.2) is 10.4 Å². The summed E-state index contributed by atoms with van der Waals surface area (Å²) >= 11 is 2.87. The van der Waals surface area contributed by atoms with Gasteiger partial charge in [-0.3, -0.25) is 15.0 Å². The molecule has 0 aliphatic heterocycles. The van der Waals surface area contributed by atoms with E-state index in [1.807, 2.05) is 5.38 Å². The Morgan fingerprint density at radius 2 is 2.24 bits per heavy atom. The number of aromatic nitrogens is 1. The SMILES string of the molecule is NC(N)=Nc1nc(CSCCC(=O)NNCC(=O)O)cs1. The van der Waals surface area contributed by atoms with E-state index in [4.69, 9.17) is 16.6 Å². The zero-order chi connectivity index (χ0) is 15.7. The molecule has 0 saturated carbocycles. The number of amides is 1. The Bertz CT molecular complexity index is 515. The summed E-state index contributed by atoms with van der Waals surface area (Å²) in [6, 6.07) is 0. The lowest BCUT2D eigenvalue weighted by atomic mass is 10.5. The van der Waals surface area contributed by atoms with Crippen molar-refractivity contribution < 1.29 is 14.7 Å². The molecule has 11 heteroatoms. The average Bonchev–Trinajstić information content (AvgIpc) is 2.81. The predicted molar refractivity (Wildman–Crippen MR) is 82.1 cm³/mol. The molecule has 7 N–H and O–H groups in total. The normalized spacial score (nSPS) is 10.1. The van der Waals surface area contributed by atoms with Crippen molar-refractivity contribution in [2.75, 3.05) is 12.3 Å². The standard InChI is InChI=1S/C10H16N6O3S2/c11-9(12)15-10-14-6(5-21-10)4-20-2-1-7(17)16-13-3-8(18)19/h5,13H,1-4H2,(H,16,17)(H,18,19)(H4,11,12,14,15). The minimum absolute atomic E-state index is 0.0333. The quantitative estimate of drug-likeness (QED) is 0.173. The summed E-state index contributed by atoms with van der Waals surface area (Å²) in [5.74, 6) is -0.0932. The monoisotopic (exact) mass is 332 g/mol. The van der Waals surface area contributed by atoms with E-state index in [0.29, 0.717) is 16.6 Å². The molecule has 0 aliphatic carbocycles. The van der Waals surface area contributed by atoms with Crippen LogP contribution in [0.5, 0.6) is 0 Å². The summed E-state index contributed by atoms with van der Waals surface area (Å²) in [4.78, 5) is 29.6. The van der Waals surface area contributed by atoms with Gasteiger partial charge < -0.3 is 16.6 Å². The number of carbonyl (C=O) groups is 2. The van der Waals surface area contributed by atoms with Crippen LogP contribution in [0.25, 0.3) is 0 Å². The number of nitrogens with zero attached hydrogens (tertiary/aromatic N) is 2. The molecule has 0 aromatic carbocycles. The molecule has 21 heavy (non-hydrogen) atoms.